The lowest BCUT2D eigenvalue weighted by atomic mass is 10.0. The molecule has 2 nitrogen and oxygen atoms in total. The normalized spacial score (nSPS) is 23.7. The summed E-state index contributed by atoms with van der Waals surface area (Å²) in [7, 11) is 6.00. The predicted octanol–water partition coefficient (Wildman–Crippen LogP) is 1.50. The van der Waals surface area contributed by atoms with Gasteiger partial charge in [0, 0.05) is 19.3 Å². The van der Waals surface area contributed by atoms with Crippen LogP contribution < -0.4 is 0 Å². The lowest BCUT2D eigenvalue weighted by Crippen LogP contribution is -2.26. The van der Waals surface area contributed by atoms with Gasteiger partial charge in [-0.2, -0.15) is 0 Å². The second-order valence-electron chi connectivity index (χ2n) is 3.22. The van der Waals surface area contributed by atoms with Gasteiger partial charge in [0.05, 0.1) is 0 Å². The van der Waals surface area contributed by atoms with Crippen LogP contribution in [-0.2, 0) is 0 Å². The van der Waals surface area contributed by atoms with Gasteiger partial charge in [-0.15, -0.1) is 0 Å². The zero-order chi connectivity index (χ0) is 8.97. The molecular formula is C10H16N2. The molecule has 0 aromatic rings. The van der Waals surface area contributed by atoms with Gasteiger partial charge in [0.15, 0.2) is 0 Å². The monoisotopic (exact) mass is 164 g/mol. The van der Waals surface area contributed by atoms with Crippen LogP contribution >= 0.6 is 0 Å². The minimum Gasteiger partial charge on any atom is -0.303 e. The molecule has 1 unspecified atom stereocenters. The molecule has 0 heterocycles. The molecule has 0 aromatic heterocycles. The summed E-state index contributed by atoms with van der Waals surface area (Å²) in [4.78, 5) is 6.19. The van der Waals surface area contributed by atoms with Gasteiger partial charge in [-0.25, -0.2) is 0 Å². The van der Waals surface area contributed by atoms with Gasteiger partial charge in [0.25, 0.3) is 0 Å². The third-order valence-electron chi connectivity index (χ3n) is 2.05. The second kappa shape index (κ2) is 4.21. The second-order valence-corrected chi connectivity index (χ2v) is 3.22. The lowest BCUT2D eigenvalue weighted by molar-refractivity contribution is 0.343. The molecule has 0 radical (unpaired) electrons. The van der Waals surface area contributed by atoms with Crippen LogP contribution in [0.1, 0.15) is 6.42 Å². The Hall–Kier alpha value is -0.890. The van der Waals surface area contributed by atoms with E-state index >= 15 is 0 Å². The van der Waals surface area contributed by atoms with Crippen molar-refractivity contribution in [2.45, 2.75) is 12.5 Å². The van der Waals surface area contributed by atoms with Crippen LogP contribution in [0.25, 0.3) is 0 Å². The Kier molecular flexibility index (Phi) is 3.23. The number of aliphatic imine (C=N–C) groups is 1. The molecular weight excluding hydrogens is 148 g/mol. The predicted molar refractivity (Wildman–Crippen MR) is 53.7 cm³/mol. The van der Waals surface area contributed by atoms with E-state index in [4.69, 9.17) is 0 Å². The van der Waals surface area contributed by atoms with Gasteiger partial charge in [0.2, 0.25) is 0 Å². The van der Waals surface area contributed by atoms with Crippen molar-refractivity contribution in [3.8, 4) is 0 Å². The lowest BCUT2D eigenvalue weighted by Gasteiger charge is -2.21. The molecule has 1 atom stereocenters. The molecule has 0 aliphatic heterocycles. The van der Waals surface area contributed by atoms with E-state index in [0.29, 0.717) is 6.04 Å². The molecule has 0 saturated carbocycles. The first-order chi connectivity index (χ1) is 5.74. The van der Waals surface area contributed by atoms with Crippen LogP contribution in [-0.4, -0.2) is 38.3 Å². The van der Waals surface area contributed by atoms with Gasteiger partial charge in [0.1, 0.15) is 0 Å². The molecule has 2 heteroatoms. The summed E-state index contributed by atoms with van der Waals surface area (Å²) in [6.45, 7) is 0. The van der Waals surface area contributed by atoms with Gasteiger partial charge in [-0.3, -0.25) is 4.99 Å². The van der Waals surface area contributed by atoms with Crippen molar-refractivity contribution in [3.63, 3.8) is 0 Å². The smallest absolute Gasteiger partial charge is 0.0310 e. The van der Waals surface area contributed by atoms with E-state index in [2.05, 4.69) is 42.2 Å². The summed E-state index contributed by atoms with van der Waals surface area (Å²) in [5.41, 5.74) is 1.22. The summed E-state index contributed by atoms with van der Waals surface area (Å²) >= 11 is 0. The van der Waals surface area contributed by atoms with Gasteiger partial charge in [-0.05, 0) is 26.1 Å². The molecule has 0 aromatic carbocycles. The van der Waals surface area contributed by atoms with Crippen molar-refractivity contribution in [1.82, 2.24) is 4.90 Å². The Labute approximate surface area is 74.3 Å². The molecule has 0 saturated heterocycles. The molecule has 0 N–H and O–H groups in total. The van der Waals surface area contributed by atoms with Crippen LogP contribution in [0.4, 0.5) is 0 Å². The molecule has 0 amide bonds. The highest BCUT2D eigenvalue weighted by Crippen LogP contribution is 2.12. The number of likely N-dealkylation sites (N-methyl/N-ethyl adjacent to an activating group) is 1. The zero-order valence-corrected chi connectivity index (χ0v) is 7.99. The van der Waals surface area contributed by atoms with Crippen LogP contribution in [0, 0.1) is 0 Å². The molecule has 1 aliphatic carbocycles. The summed E-state index contributed by atoms with van der Waals surface area (Å²) in [5.74, 6) is 0. The first-order valence-corrected chi connectivity index (χ1v) is 4.21. The first-order valence-electron chi connectivity index (χ1n) is 4.21. The Morgan fingerprint density at radius 3 is 2.75 bits per heavy atom. The molecule has 1 rings (SSSR count). The highest BCUT2D eigenvalue weighted by Gasteiger charge is 2.08. The molecule has 1 aliphatic rings. The van der Waals surface area contributed by atoms with Crippen molar-refractivity contribution >= 4 is 6.21 Å². The van der Waals surface area contributed by atoms with E-state index in [9.17, 15) is 0 Å². The van der Waals surface area contributed by atoms with Crippen molar-refractivity contribution in [2.24, 2.45) is 4.99 Å². The minimum atomic E-state index is 0.555. The van der Waals surface area contributed by atoms with E-state index in [-0.39, 0.29) is 0 Å². The van der Waals surface area contributed by atoms with E-state index in [0.717, 1.165) is 6.42 Å². The number of nitrogens with zero attached hydrogens (tertiary/aromatic N) is 2. The van der Waals surface area contributed by atoms with Gasteiger partial charge < -0.3 is 4.90 Å². The van der Waals surface area contributed by atoms with Crippen molar-refractivity contribution < 1.29 is 0 Å². The maximum absolute atomic E-state index is 3.97. The minimum absolute atomic E-state index is 0.555. The summed E-state index contributed by atoms with van der Waals surface area (Å²) in [6.07, 6.45) is 9.54. The Bertz CT molecular complexity index is 224. The fourth-order valence-electron chi connectivity index (χ4n) is 1.25. The highest BCUT2D eigenvalue weighted by atomic mass is 15.1. The maximum atomic E-state index is 3.97. The summed E-state index contributed by atoms with van der Waals surface area (Å²) in [6, 6.07) is 0.555. The van der Waals surface area contributed by atoms with Crippen LogP contribution in [0.3, 0.4) is 0 Å². The van der Waals surface area contributed by atoms with Crippen molar-refractivity contribution in [2.75, 3.05) is 21.1 Å². The number of rotatable bonds is 2. The fraction of sp³-hybridized carbons (Fsp3) is 0.500. The van der Waals surface area contributed by atoms with Gasteiger partial charge in [-0.1, -0.05) is 18.2 Å². The topological polar surface area (TPSA) is 15.6 Å². The molecule has 0 bridgehead atoms. The van der Waals surface area contributed by atoms with Crippen molar-refractivity contribution in [1.29, 1.82) is 0 Å². The Morgan fingerprint density at radius 2 is 2.33 bits per heavy atom. The number of hydrogen-bond donors (Lipinski definition) is 0. The largest absolute Gasteiger partial charge is 0.303 e. The Morgan fingerprint density at radius 1 is 1.58 bits per heavy atom. The van der Waals surface area contributed by atoms with Crippen LogP contribution in [0.5, 0.6) is 0 Å². The van der Waals surface area contributed by atoms with E-state index in [1.54, 1.807) is 7.05 Å². The third kappa shape index (κ3) is 2.31. The number of allylic oxidation sites excluding steroid dienone is 2. The quantitative estimate of drug-likeness (QED) is 0.565. The fourth-order valence-corrected chi connectivity index (χ4v) is 1.25. The van der Waals surface area contributed by atoms with Crippen LogP contribution in [0.15, 0.2) is 28.8 Å². The third-order valence-corrected chi connectivity index (χ3v) is 2.05. The molecule has 66 valence electrons. The summed E-state index contributed by atoms with van der Waals surface area (Å²) < 4.78 is 0. The SMILES string of the molecule is C/N=C/C1=CCC(N(C)C)C=C1. The summed E-state index contributed by atoms with van der Waals surface area (Å²) in [5, 5.41) is 0. The highest BCUT2D eigenvalue weighted by molar-refractivity contribution is 5.82. The maximum Gasteiger partial charge on any atom is 0.0310 e. The average Bonchev–Trinajstić information content (AvgIpc) is 2.06. The number of hydrogen-bond acceptors (Lipinski definition) is 2. The van der Waals surface area contributed by atoms with Crippen LogP contribution in [0.2, 0.25) is 0 Å². The first kappa shape index (κ1) is 9.20. The molecule has 0 fully saturated rings. The molecule has 12 heavy (non-hydrogen) atoms. The molecule has 0 spiro atoms. The Balaban J connectivity index is 2.55. The van der Waals surface area contributed by atoms with Gasteiger partial charge >= 0.3 is 0 Å². The van der Waals surface area contributed by atoms with Crippen molar-refractivity contribution in [3.05, 3.63) is 23.8 Å². The van der Waals surface area contributed by atoms with E-state index in [1.807, 2.05) is 6.21 Å². The standard InChI is InChI=1S/C10H16N2/c1-11-8-9-4-6-10(7-5-9)12(2)3/h4-6,8,10H,7H2,1-3H3/b11-8+. The van der Waals surface area contributed by atoms with E-state index < -0.39 is 0 Å². The van der Waals surface area contributed by atoms with E-state index in [1.165, 1.54) is 5.57 Å². The zero-order valence-electron chi connectivity index (χ0n) is 7.99. The average molecular weight is 164 g/mol.